The van der Waals surface area contributed by atoms with Gasteiger partial charge in [-0.1, -0.05) is 48.6 Å². The van der Waals surface area contributed by atoms with Crippen LogP contribution in [0.4, 0.5) is 14.5 Å². The number of aliphatic hydroxyl groups is 6. The van der Waals surface area contributed by atoms with E-state index >= 15 is 0 Å². The Morgan fingerprint density at radius 1 is 0.880 bits per heavy atom. The van der Waals surface area contributed by atoms with E-state index in [0.29, 0.717) is 36.9 Å². The zero-order valence-electron chi connectivity index (χ0n) is 27.7. The zero-order chi connectivity index (χ0) is 36.8. The fourth-order valence-corrected chi connectivity index (χ4v) is 5.58. The number of amides is 1. The van der Waals surface area contributed by atoms with Crippen molar-refractivity contribution in [1.82, 2.24) is 5.32 Å². The van der Waals surface area contributed by atoms with Crippen LogP contribution in [-0.2, 0) is 9.59 Å². The van der Waals surface area contributed by atoms with Crippen LogP contribution in [0.1, 0.15) is 60.9 Å². The number of allylic oxidation sites excluding steroid dienone is 1. The Morgan fingerprint density at radius 2 is 1.46 bits per heavy atom. The van der Waals surface area contributed by atoms with Crippen LogP contribution < -0.4 is 10.2 Å². The first kappa shape index (κ1) is 40.4. The summed E-state index contributed by atoms with van der Waals surface area (Å²) in [7, 11) is 1.57. The van der Waals surface area contributed by atoms with Crippen LogP contribution in [0.2, 0.25) is 0 Å². The van der Waals surface area contributed by atoms with E-state index in [1.165, 1.54) is 24.3 Å². The molecule has 50 heavy (non-hydrogen) atoms. The van der Waals surface area contributed by atoms with E-state index in [1.807, 2.05) is 36.4 Å². The molecule has 3 aromatic carbocycles. The summed E-state index contributed by atoms with van der Waals surface area (Å²) in [6.07, 6.45) is -0.434. The van der Waals surface area contributed by atoms with Gasteiger partial charge in [0.2, 0.25) is 5.91 Å². The molecule has 8 N–H and O–H groups in total. The molecule has 7 unspecified atom stereocenters. The number of hydrogen-bond donors (Lipinski definition) is 8. The normalized spacial score (nSPS) is 18.8. The maximum absolute atomic E-state index is 13.5. The molecular formula is C37H46F2N2O9. The van der Waals surface area contributed by atoms with Crippen LogP contribution in [0.5, 0.6) is 0 Å². The molecule has 3 aromatic rings. The van der Waals surface area contributed by atoms with Gasteiger partial charge in [0, 0.05) is 18.7 Å². The van der Waals surface area contributed by atoms with Gasteiger partial charge in [-0.25, -0.2) is 8.78 Å². The van der Waals surface area contributed by atoms with E-state index in [2.05, 4.69) is 5.32 Å². The first-order chi connectivity index (χ1) is 23.9. The second-order valence-electron chi connectivity index (χ2n) is 12.1. The van der Waals surface area contributed by atoms with E-state index in [9.17, 15) is 28.6 Å². The third kappa shape index (κ3) is 11.5. The molecule has 13 heteroatoms. The smallest absolute Gasteiger partial charge is 0.303 e. The van der Waals surface area contributed by atoms with Crippen molar-refractivity contribution in [1.29, 1.82) is 0 Å². The van der Waals surface area contributed by atoms with Crippen molar-refractivity contribution < 1.29 is 54.1 Å². The number of rotatable bonds is 17. The van der Waals surface area contributed by atoms with Gasteiger partial charge in [-0.3, -0.25) is 9.59 Å². The fraction of sp³-hybridized carbons (Fsp3) is 0.405. The van der Waals surface area contributed by atoms with Crippen molar-refractivity contribution in [3.8, 4) is 0 Å². The summed E-state index contributed by atoms with van der Waals surface area (Å²) < 4.78 is 26.7. The van der Waals surface area contributed by atoms with Crippen molar-refractivity contribution in [3.05, 3.63) is 107 Å². The van der Waals surface area contributed by atoms with Gasteiger partial charge in [0.1, 0.15) is 29.9 Å². The molecule has 1 amide bonds. The molecule has 0 bridgehead atoms. The van der Waals surface area contributed by atoms with Gasteiger partial charge in [-0.05, 0) is 85.8 Å². The number of carbonyl (C=O) groups excluding carboxylic acids is 1. The molecule has 1 aliphatic rings. The van der Waals surface area contributed by atoms with Crippen LogP contribution in [0.15, 0.2) is 78.9 Å². The monoisotopic (exact) mass is 700 g/mol. The number of aliphatic carboxylic acids is 1. The molecule has 0 aromatic heterocycles. The van der Waals surface area contributed by atoms with E-state index in [4.69, 9.17) is 25.5 Å². The predicted molar refractivity (Wildman–Crippen MR) is 183 cm³/mol. The second-order valence-corrected chi connectivity index (χ2v) is 12.1. The molecule has 0 spiro atoms. The Bertz CT molecular complexity index is 1510. The molecule has 0 radical (unpaired) electrons. The topological polar surface area (TPSA) is 191 Å². The minimum atomic E-state index is -1.55. The lowest BCUT2D eigenvalue weighted by Crippen LogP contribution is -2.55. The average molecular weight is 701 g/mol. The highest BCUT2D eigenvalue weighted by molar-refractivity contribution is 6.03. The van der Waals surface area contributed by atoms with Gasteiger partial charge in [0.05, 0.1) is 30.8 Å². The van der Waals surface area contributed by atoms with E-state index in [0.717, 1.165) is 11.1 Å². The molecule has 11 nitrogen and oxygen atoms in total. The summed E-state index contributed by atoms with van der Waals surface area (Å²) in [6, 6.07) is 19.0. The maximum atomic E-state index is 13.5. The number of likely N-dealkylation sites (N-methyl/N-ethyl adjacent to an activating group) is 1. The first-order valence-electron chi connectivity index (χ1n) is 16.4. The predicted octanol–water partition coefficient (Wildman–Crippen LogP) is 3.09. The Hall–Kier alpha value is -4.08. The van der Waals surface area contributed by atoms with Crippen molar-refractivity contribution in [2.45, 2.75) is 68.7 Å². The average Bonchev–Trinajstić information content (AvgIpc) is 3.11. The quantitative estimate of drug-likeness (QED) is 0.0767. The maximum Gasteiger partial charge on any atom is 0.303 e. The van der Waals surface area contributed by atoms with Crippen LogP contribution in [-0.4, -0.2) is 92.2 Å². The molecule has 0 saturated carbocycles. The summed E-state index contributed by atoms with van der Waals surface area (Å²) in [5.41, 5.74) is 3.09. The van der Waals surface area contributed by atoms with Crippen LogP contribution in [0.25, 0.3) is 6.08 Å². The molecule has 1 saturated heterocycles. The van der Waals surface area contributed by atoms with Gasteiger partial charge in [0.15, 0.2) is 0 Å². The summed E-state index contributed by atoms with van der Waals surface area (Å²) in [4.78, 5) is 25.5. The van der Waals surface area contributed by atoms with E-state index < -0.39 is 43.1 Å². The third-order valence-corrected chi connectivity index (χ3v) is 8.41. The fourth-order valence-electron chi connectivity index (χ4n) is 5.58. The number of carbonyl (C=O) groups is 2. The highest BCUT2D eigenvalue weighted by atomic mass is 19.1. The number of unbranched alkanes of at least 4 members (excludes halogenated alkanes) is 1. The summed E-state index contributed by atoms with van der Waals surface area (Å²) >= 11 is 0. The minimum Gasteiger partial charge on any atom is -0.481 e. The lowest BCUT2D eigenvalue weighted by molar-refractivity contribution is -0.137. The van der Waals surface area contributed by atoms with Gasteiger partial charge in [0.25, 0.3) is 0 Å². The lowest BCUT2D eigenvalue weighted by Gasteiger charge is -2.48. The van der Waals surface area contributed by atoms with Crippen LogP contribution in [0.3, 0.4) is 0 Å². The van der Waals surface area contributed by atoms with Crippen molar-refractivity contribution in [2.24, 2.45) is 5.92 Å². The van der Waals surface area contributed by atoms with Gasteiger partial charge in [-0.15, -0.1) is 0 Å². The molecular weight excluding hydrogens is 654 g/mol. The van der Waals surface area contributed by atoms with Crippen LogP contribution in [0, 0.1) is 17.6 Å². The van der Waals surface area contributed by atoms with Gasteiger partial charge >= 0.3 is 5.97 Å². The number of nitrogens with zero attached hydrogens (tertiary/aromatic N) is 1. The summed E-state index contributed by atoms with van der Waals surface area (Å²) in [5.74, 6) is -2.02. The molecule has 272 valence electrons. The number of β-lactam (4-membered cyclic amide) rings is 1. The summed E-state index contributed by atoms with van der Waals surface area (Å²) in [6.45, 7) is -0.569. The largest absolute Gasteiger partial charge is 0.481 e. The highest BCUT2D eigenvalue weighted by Gasteiger charge is 2.48. The Balaban J connectivity index is 0.000000442. The molecule has 4 rings (SSSR count). The summed E-state index contributed by atoms with van der Waals surface area (Å²) in [5, 5.41) is 66.8. The Morgan fingerprint density at radius 3 is 2.02 bits per heavy atom. The number of aliphatic hydroxyl groups excluding tert-OH is 6. The van der Waals surface area contributed by atoms with Gasteiger partial charge in [-0.2, -0.15) is 0 Å². The molecule has 7 atom stereocenters. The zero-order valence-corrected chi connectivity index (χ0v) is 27.7. The number of halogens is 2. The molecule has 0 aliphatic carbocycles. The number of carboxylic acids is 1. The minimum absolute atomic E-state index is 0.0923. The van der Waals surface area contributed by atoms with Crippen molar-refractivity contribution in [3.63, 3.8) is 0 Å². The van der Waals surface area contributed by atoms with E-state index in [1.54, 1.807) is 36.2 Å². The first-order valence-corrected chi connectivity index (χ1v) is 16.4. The molecule has 1 heterocycles. The highest BCUT2D eigenvalue weighted by Crippen LogP contribution is 2.46. The van der Waals surface area contributed by atoms with Gasteiger partial charge < -0.3 is 46.0 Å². The SMILES string of the molecule is CNCC(O)C(O)C(O)C(O)CO.O=C(O)CCCC=Cc1ccc(C2C(CCC(O)c3ccc(F)cc3)C(=O)N2c2ccc(F)cc2)cc1. The molecule has 1 fully saturated rings. The number of nitrogens with one attached hydrogen (secondary N) is 1. The lowest BCUT2D eigenvalue weighted by atomic mass is 9.78. The Kier molecular flexibility index (Phi) is 16.1. The second kappa shape index (κ2) is 19.9. The number of anilines is 1. The van der Waals surface area contributed by atoms with E-state index in [-0.39, 0.29) is 42.5 Å². The van der Waals surface area contributed by atoms with Crippen molar-refractivity contribution >= 4 is 23.6 Å². The van der Waals surface area contributed by atoms with Crippen molar-refractivity contribution in [2.75, 3.05) is 25.1 Å². The number of hydrogen-bond acceptors (Lipinski definition) is 9. The number of benzene rings is 3. The standard InChI is InChI=1S/C30H29F2NO4.C7H17NO5/c31-23-12-10-21(11-13-23)27(34)19-18-26-29(33(30(26)37)25-16-14-24(32)15-17-25)22-8-6-20(7-9-22)4-2-1-3-5-28(35)36;1-8-2-4(10)6(12)7(13)5(11)3-9/h2,4,6-17,26-27,29,34H,1,3,5,18-19H2,(H,35,36);4-13H,2-3H2,1H3. The number of carboxylic acid groups (broad SMARTS) is 1. The Labute approximate surface area is 289 Å². The molecule has 1 aliphatic heterocycles. The third-order valence-electron chi connectivity index (χ3n) is 8.41. The van der Waals surface area contributed by atoms with Crippen LogP contribution >= 0.6 is 0 Å².